The zero-order chi connectivity index (χ0) is 17.5. The van der Waals surface area contributed by atoms with E-state index in [1.165, 1.54) is 12.8 Å². The number of halogens is 1. The molecule has 6 nitrogen and oxygen atoms in total. The van der Waals surface area contributed by atoms with Crippen LogP contribution in [-0.4, -0.2) is 40.3 Å². The monoisotopic (exact) mass is 372 g/mol. The van der Waals surface area contributed by atoms with Gasteiger partial charge < -0.3 is 24.8 Å². The quantitative estimate of drug-likeness (QED) is 0.769. The van der Waals surface area contributed by atoms with E-state index in [0.29, 0.717) is 41.2 Å². The molecule has 2 atom stereocenters. The number of rotatable bonds is 7. The SMILES string of the molecule is COc1ccc(NC(=O)CC(C)C2CCCNC2)c(OC)c1OC.Cl. The lowest BCUT2D eigenvalue weighted by atomic mass is 9.85. The van der Waals surface area contributed by atoms with Crippen LogP contribution in [0.3, 0.4) is 0 Å². The fourth-order valence-corrected chi connectivity index (χ4v) is 3.22. The van der Waals surface area contributed by atoms with E-state index in [1.807, 2.05) is 0 Å². The molecule has 1 saturated heterocycles. The maximum Gasteiger partial charge on any atom is 0.224 e. The lowest BCUT2D eigenvalue weighted by Gasteiger charge is -2.28. The Hall–Kier alpha value is -1.66. The second kappa shape index (κ2) is 10.4. The minimum Gasteiger partial charge on any atom is -0.493 e. The normalized spacial score (nSPS) is 17.8. The van der Waals surface area contributed by atoms with Crippen molar-refractivity contribution in [1.82, 2.24) is 5.32 Å². The molecule has 1 aromatic rings. The summed E-state index contributed by atoms with van der Waals surface area (Å²) < 4.78 is 16.0. The van der Waals surface area contributed by atoms with E-state index in [0.717, 1.165) is 13.1 Å². The van der Waals surface area contributed by atoms with Crippen LogP contribution in [0.1, 0.15) is 26.2 Å². The number of nitrogens with one attached hydrogen (secondary N) is 2. The van der Waals surface area contributed by atoms with Crippen LogP contribution < -0.4 is 24.8 Å². The molecule has 0 aromatic heterocycles. The molecular formula is C18H29ClN2O4. The molecule has 1 aliphatic rings. The highest BCUT2D eigenvalue weighted by atomic mass is 35.5. The molecule has 142 valence electrons. The lowest BCUT2D eigenvalue weighted by molar-refractivity contribution is -0.117. The Balaban J connectivity index is 0.00000312. The highest BCUT2D eigenvalue weighted by molar-refractivity contribution is 5.93. The van der Waals surface area contributed by atoms with Crippen molar-refractivity contribution in [2.45, 2.75) is 26.2 Å². The number of carbonyl (C=O) groups excluding carboxylic acids is 1. The van der Waals surface area contributed by atoms with Gasteiger partial charge in [-0.25, -0.2) is 0 Å². The number of piperidine rings is 1. The van der Waals surface area contributed by atoms with Crippen LogP contribution in [-0.2, 0) is 4.79 Å². The van der Waals surface area contributed by atoms with Gasteiger partial charge in [0, 0.05) is 6.42 Å². The van der Waals surface area contributed by atoms with Gasteiger partial charge in [0.15, 0.2) is 11.5 Å². The van der Waals surface area contributed by atoms with E-state index >= 15 is 0 Å². The molecule has 0 aliphatic carbocycles. The largest absolute Gasteiger partial charge is 0.493 e. The fraction of sp³-hybridized carbons (Fsp3) is 0.611. The Morgan fingerprint density at radius 2 is 1.96 bits per heavy atom. The molecule has 1 amide bonds. The predicted molar refractivity (Wildman–Crippen MR) is 101 cm³/mol. The number of carbonyl (C=O) groups is 1. The molecule has 25 heavy (non-hydrogen) atoms. The maximum atomic E-state index is 12.4. The van der Waals surface area contributed by atoms with E-state index in [9.17, 15) is 4.79 Å². The summed E-state index contributed by atoms with van der Waals surface area (Å²) in [6, 6.07) is 3.52. The van der Waals surface area contributed by atoms with Crippen molar-refractivity contribution in [3.05, 3.63) is 12.1 Å². The van der Waals surface area contributed by atoms with Crippen molar-refractivity contribution in [1.29, 1.82) is 0 Å². The Kier molecular flexibility index (Phi) is 8.86. The van der Waals surface area contributed by atoms with Gasteiger partial charge in [0.1, 0.15) is 0 Å². The number of hydrogen-bond donors (Lipinski definition) is 2. The Labute approximate surface area is 156 Å². The Morgan fingerprint density at radius 3 is 2.52 bits per heavy atom. The molecule has 1 fully saturated rings. The van der Waals surface area contributed by atoms with Gasteiger partial charge in [0.05, 0.1) is 27.0 Å². The van der Waals surface area contributed by atoms with Crippen LogP contribution in [0.2, 0.25) is 0 Å². The van der Waals surface area contributed by atoms with Gasteiger partial charge in [0.25, 0.3) is 0 Å². The number of hydrogen-bond acceptors (Lipinski definition) is 5. The summed E-state index contributed by atoms with van der Waals surface area (Å²) in [7, 11) is 4.66. The number of methoxy groups -OCH3 is 3. The van der Waals surface area contributed by atoms with E-state index in [4.69, 9.17) is 14.2 Å². The zero-order valence-corrected chi connectivity index (χ0v) is 16.2. The summed E-state index contributed by atoms with van der Waals surface area (Å²) in [4.78, 5) is 12.4. The molecule has 1 aromatic carbocycles. The van der Waals surface area contributed by atoms with Gasteiger partial charge in [-0.3, -0.25) is 4.79 Å². The summed E-state index contributed by atoms with van der Waals surface area (Å²) in [6.45, 7) is 4.22. The Bertz CT molecular complexity index is 562. The summed E-state index contributed by atoms with van der Waals surface area (Å²) in [5.41, 5.74) is 0.592. The summed E-state index contributed by atoms with van der Waals surface area (Å²) in [5, 5.41) is 6.34. The Morgan fingerprint density at radius 1 is 1.24 bits per heavy atom. The first-order valence-corrected chi connectivity index (χ1v) is 8.40. The van der Waals surface area contributed by atoms with Gasteiger partial charge in [0.2, 0.25) is 11.7 Å². The van der Waals surface area contributed by atoms with Crippen molar-refractivity contribution >= 4 is 24.0 Å². The molecule has 0 spiro atoms. The minimum absolute atomic E-state index is 0. The first-order valence-electron chi connectivity index (χ1n) is 8.40. The molecule has 2 N–H and O–H groups in total. The standard InChI is InChI=1S/C18H28N2O4.ClH/c1-12(13-6-5-9-19-11-13)10-16(21)20-14-7-8-15(22-2)18(24-4)17(14)23-3;/h7-8,12-13,19H,5-6,9-11H2,1-4H3,(H,20,21);1H. The lowest BCUT2D eigenvalue weighted by Crippen LogP contribution is -2.34. The fourth-order valence-electron chi connectivity index (χ4n) is 3.22. The van der Waals surface area contributed by atoms with Gasteiger partial charge in [-0.05, 0) is 49.9 Å². The van der Waals surface area contributed by atoms with Gasteiger partial charge in [-0.1, -0.05) is 6.92 Å². The van der Waals surface area contributed by atoms with E-state index in [1.54, 1.807) is 33.5 Å². The van der Waals surface area contributed by atoms with Crippen molar-refractivity contribution < 1.29 is 19.0 Å². The first-order chi connectivity index (χ1) is 11.6. The summed E-state index contributed by atoms with van der Waals surface area (Å²) in [5.74, 6) is 2.38. The van der Waals surface area contributed by atoms with Gasteiger partial charge >= 0.3 is 0 Å². The molecule has 1 aliphatic heterocycles. The topological polar surface area (TPSA) is 68.8 Å². The van der Waals surface area contributed by atoms with Crippen LogP contribution in [0.4, 0.5) is 5.69 Å². The molecule has 0 saturated carbocycles. The smallest absolute Gasteiger partial charge is 0.224 e. The highest BCUT2D eigenvalue weighted by Gasteiger charge is 2.23. The average Bonchev–Trinajstić information content (AvgIpc) is 2.61. The van der Waals surface area contributed by atoms with Crippen LogP contribution >= 0.6 is 12.4 Å². The molecule has 7 heteroatoms. The third-order valence-electron chi connectivity index (χ3n) is 4.63. The van der Waals surface area contributed by atoms with Crippen molar-refractivity contribution in [2.75, 3.05) is 39.7 Å². The van der Waals surface area contributed by atoms with Gasteiger partial charge in [-0.15, -0.1) is 12.4 Å². The number of ether oxygens (including phenoxy) is 3. The zero-order valence-electron chi connectivity index (χ0n) is 15.4. The van der Waals surface area contributed by atoms with Crippen LogP contribution in [0.15, 0.2) is 12.1 Å². The first kappa shape index (κ1) is 21.4. The number of anilines is 1. The number of amides is 1. The van der Waals surface area contributed by atoms with Crippen LogP contribution in [0.25, 0.3) is 0 Å². The van der Waals surface area contributed by atoms with E-state index in [-0.39, 0.29) is 18.3 Å². The van der Waals surface area contributed by atoms with Gasteiger partial charge in [-0.2, -0.15) is 0 Å². The second-order valence-electron chi connectivity index (χ2n) is 6.22. The third kappa shape index (κ3) is 5.41. The molecule has 2 rings (SSSR count). The van der Waals surface area contributed by atoms with Crippen LogP contribution in [0, 0.1) is 11.8 Å². The third-order valence-corrected chi connectivity index (χ3v) is 4.63. The average molecular weight is 373 g/mol. The van der Waals surface area contributed by atoms with Crippen molar-refractivity contribution in [3.63, 3.8) is 0 Å². The summed E-state index contributed by atoms with van der Waals surface area (Å²) in [6.07, 6.45) is 2.85. The second-order valence-corrected chi connectivity index (χ2v) is 6.22. The molecule has 0 radical (unpaired) electrons. The molecular weight excluding hydrogens is 344 g/mol. The van der Waals surface area contributed by atoms with E-state index < -0.39 is 0 Å². The summed E-state index contributed by atoms with van der Waals surface area (Å²) >= 11 is 0. The maximum absolute atomic E-state index is 12.4. The van der Waals surface area contributed by atoms with Crippen LogP contribution in [0.5, 0.6) is 17.2 Å². The predicted octanol–water partition coefficient (Wildman–Crippen LogP) is 3.10. The minimum atomic E-state index is -0.0152. The van der Waals surface area contributed by atoms with Crippen molar-refractivity contribution in [3.8, 4) is 17.2 Å². The highest BCUT2D eigenvalue weighted by Crippen LogP contribution is 2.42. The van der Waals surface area contributed by atoms with E-state index in [2.05, 4.69) is 17.6 Å². The molecule has 0 bridgehead atoms. The van der Waals surface area contributed by atoms with Crippen molar-refractivity contribution in [2.24, 2.45) is 11.8 Å². The number of benzene rings is 1. The molecule has 1 heterocycles. The molecule has 2 unspecified atom stereocenters.